The van der Waals surface area contributed by atoms with Crippen LogP contribution in [0.2, 0.25) is 0 Å². The second kappa shape index (κ2) is 7.92. The van der Waals surface area contributed by atoms with Crippen molar-refractivity contribution in [2.45, 2.75) is 45.1 Å². The number of nitrogens with one attached hydrogen (secondary N) is 1. The first-order valence-corrected chi connectivity index (χ1v) is 9.80. The largest absolute Gasteiger partial charge is 0.348 e. The number of benzene rings is 1. The lowest BCUT2D eigenvalue weighted by atomic mass is 9.94. The molecule has 0 aliphatic heterocycles. The van der Waals surface area contributed by atoms with E-state index in [1.165, 1.54) is 0 Å². The normalized spacial score (nSPS) is 17.8. The van der Waals surface area contributed by atoms with Crippen LogP contribution < -0.4 is 5.32 Å². The number of amides is 1. The molecule has 1 fully saturated rings. The Morgan fingerprint density at radius 3 is 2.79 bits per heavy atom. The molecule has 144 valence electrons. The topological polar surface area (TPSA) is 76.4 Å². The van der Waals surface area contributed by atoms with Gasteiger partial charge >= 0.3 is 0 Å². The monoisotopic (exact) mass is 376 g/mol. The molecular formula is C22H24N4O2. The molecule has 2 atom stereocenters. The van der Waals surface area contributed by atoms with E-state index in [0.29, 0.717) is 18.2 Å². The minimum absolute atomic E-state index is 0.0496. The molecule has 1 N–H and O–H groups in total. The van der Waals surface area contributed by atoms with Gasteiger partial charge in [-0.3, -0.25) is 14.0 Å². The van der Waals surface area contributed by atoms with Crippen molar-refractivity contribution in [3.63, 3.8) is 0 Å². The molecule has 1 aliphatic carbocycles. The molecule has 1 aromatic carbocycles. The highest BCUT2D eigenvalue weighted by Gasteiger charge is 2.24. The van der Waals surface area contributed by atoms with Crippen LogP contribution in [-0.2, 0) is 22.6 Å². The van der Waals surface area contributed by atoms with E-state index in [2.05, 4.69) is 15.5 Å². The Morgan fingerprint density at radius 1 is 1.21 bits per heavy atom. The summed E-state index contributed by atoms with van der Waals surface area (Å²) in [5, 5.41) is 11.2. The first kappa shape index (κ1) is 18.3. The lowest BCUT2D eigenvalue weighted by Gasteiger charge is -2.14. The van der Waals surface area contributed by atoms with Gasteiger partial charge in [-0.2, -0.15) is 0 Å². The van der Waals surface area contributed by atoms with Crippen molar-refractivity contribution in [1.82, 2.24) is 19.9 Å². The summed E-state index contributed by atoms with van der Waals surface area (Å²) in [6.45, 7) is 2.23. The third kappa shape index (κ3) is 3.81. The molecule has 2 heterocycles. The first-order chi connectivity index (χ1) is 13.6. The van der Waals surface area contributed by atoms with E-state index in [1.54, 1.807) is 0 Å². The molecule has 0 spiro atoms. The maximum absolute atomic E-state index is 12.6. The fourth-order valence-electron chi connectivity index (χ4n) is 3.81. The van der Waals surface area contributed by atoms with Gasteiger partial charge in [-0.05, 0) is 49.4 Å². The van der Waals surface area contributed by atoms with Crippen molar-refractivity contribution >= 4 is 17.3 Å². The molecule has 6 nitrogen and oxygen atoms in total. The van der Waals surface area contributed by atoms with Crippen molar-refractivity contribution in [3.05, 3.63) is 65.6 Å². The maximum atomic E-state index is 12.6. The minimum atomic E-state index is -0.263. The molecule has 0 unspecified atom stereocenters. The van der Waals surface area contributed by atoms with Gasteiger partial charge in [-0.1, -0.05) is 30.3 Å². The lowest BCUT2D eigenvalue weighted by molar-refractivity contribution is -0.122. The highest BCUT2D eigenvalue weighted by atomic mass is 16.2. The molecule has 2 aromatic heterocycles. The molecule has 1 aliphatic rings. The van der Waals surface area contributed by atoms with E-state index in [4.69, 9.17) is 0 Å². The SMILES string of the molecule is C[C@@H](C(=O)NCc1nnc2ccccn12)c1ccc(C[C@@H]2CCCC2=O)cc1. The number of carbonyl (C=O) groups excluding carboxylic acids is 2. The number of hydrogen-bond acceptors (Lipinski definition) is 4. The molecule has 4 rings (SSSR count). The Labute approximate surface area is 164 Å². The average Bonchev–Trinajstić information content (AvgIpc) is 3.32. The van der Waals surface area contributed by atoms with Gasteiger partial charge in [0.05, 0.1) is 12.5 Å². The summed E-state index contributed by atoms with van der Waals surface area (Å²) in [4.78, 5) is 24.4. The fourth-order valence-corrected chi connectivity index (χ4v) is 3.81. The Morgan fingerprint density at radius 2 is 2.04 bits per heavy atom. The number of pyridine rings is 1. The van der Waals surface area contributed by atoms with Crippen LogP contribution in [0.4, 0.5) is 0 Å². The molecule has 6 heteroatoms. The standard InChI is InChI=1S/C22H24N4O2/c1-15(17-10-8-16(9-11-17)13-18-5-4-6-19(18)27)22(28)23-14-21-25-24-20-7-2-3-12-26(20)21/h2-3,7-12,15,18H,4-6,13-14H2,1H3,(H,23,28)/t15-,18+/m1/s1. The molecular weight excluding hydrogens is 352 g/mol. The number of nitrogens with zero attached hydrogens (tertiary/aromatic N) is 3. The predicted molar refractivity (Wildman–Crippen MR) is 106 cm³/mol. The first-order valence-electron chi connectivity index (χ1n) is 9.80. The van der Waals surface area contributed by atoms with Crippen LogP contribution in [-0.4, -0.2) is 26.3 Å². The van der Waals surface area contributed by atoms with Crippen LogP contribution in [0.3, 0.4) is 0 Å². The molecule has 28 heavy (non-hydrogen) atoms. The van der Waals surface area contributed by atoms with Gasteiger partial charge in [-0.15, -0.1) is 10.2 Å². The van der Waals surface area contributed by atoms with Crippen LogP contribution in [0.25, 0.3) is 5.65 Å². The van der Waals surface area contributed by atoms with Crippen LogP contribution in [0, 0.1) is 5.92 Å². The summed E-state index contributed by atoms with van der Waals surface area (Å²) in [6.07, 6.45) is 5.42. The second-order valence-electron chi connectivity index (χ2n) is 7.49. The highest BCUT2D eigenvalue weighted by Crippen LogP contribution is 2.26. The smallest absolute Gasteiger partial charge is 0.227 e. The van der Waals surface area contributed by atoms with Gasteiger partial charge < -0.3 is 5.32 Å². The quantitative estimate of drug-likeness (QED) is 0.717. The number of Topliss-reactive ketones (excluding diaryl/α,β-unsaturated/α-hetero) is 1. The zero-order valence-corrected chi connectivity index (χ0v) is 16.0. The third-order valence-electron chi connectivity index (χ3n) is 5.59. The molecule has 1 saturated carbocycles. The zero-order valence-electron chi connectivity index (χ0n) is 16.0. The molecule has 0 radical (unpaired) electrons. The molecule has 0 bridgehead atoms. The number of hydrogen-bond donors (Lipinski definition) is 1. The van der Waals surface area contributed by atoms with Crippen molar-refractivity contribution < 1.29 is 9.59 Å². The van der Waals surface area contributed by atoms with Crippen molar-refractivity contribution in [2.75, 3.05) is 0 Å². The molecule has 3 aromatic rings. The van der Waals surface area contributed by atoms with Crippen LogP contribution >= 0.6 is 0 Å². The summed E-state index contributed by atoms with van der Waals surface area (Å²) < 4.78 is 1.87. The lowest BCUT2D eigenvalue weighted by Crippen LogP contribution is -2.28. The predicted octanol–water partition coefficient (Wildman–Crippen LogP) is 3.06. The van der Waals surface area contributed by atoms with E-state index in [1.807, 2.05) is 60.0 Å². The third-order valence-corrected chi connectivity index (χ3v) is 5.59. The number of rotatable bonds is 6. The number of aromatic nitrogens is 3. The average molecular weight is 376 g/mol. The Hall–Kier alpha value is -3.02. The number of fused-ring (bicyclic) bond motifs is 1. The molecule has 0 saturated heterocycles. The summed E-state index contributed by atoms with van der Waals surface area (Å²) in [7, 11) is 0. The second-order valence-corrected chi connectivity index (χ2v) is 7.49. The maximum Gasteiger partial charge on any atom is 0.227 e. The Kier molecular flexibility index (Phi) is 5.19. The Balaban J connectivity index is 1.36. The van der Waals surface area contributed by atoms with Gasteiger partial charge in [0.15, 0.2) is 11.5 Å². The minimum Gasteiger partial charge on any atom is -0.348 e. The summed E-state index contributed by atoms with van der Waals surface area (Å²) in [6, 6.07) is 13.7. The summed E-state index contributed by atoms with van der Waals surface area (Å²) in [5.74, 6) is 0.947. The highest BCUT2D eigenvalue weighted by molar-refractivity contribution is 5.83. The van der Waals surface area contributed by atoms with Crippen LogP contribution in [0.15, 0.2) is 48.7 Å². The van der Waals surface area contributed by atoms with Gasteiger partial charge in [0, 0.05) is 18.5 Å². The van der Waals surface area contributed by atoms with Gasteiger partial charge in [0.1, 0.15) is 5.78 Å². The zero-order chi connectivity index (χ0) is 19.5. The van der Waals surface area contributed by atoms with Crippen molar-refractivity contribution in [3.8, 4) is 0 Å². The molecule has 1 amide bonds. The number of carbonyl (C=O) groups is 2. The van der Waals surface area contributed by atoms with E-state index < -0.39 is 0 Å². The Bertz CT molecular complexity index is 993. The van der Waals surface area contributed by atoms with Crippen molar-refractivity contribution in [1.29, 1.82) is 0 Å². The van der Waals surface area contributed by atoms with E-state index in [-0.39, 0.29) is 17.7 Å². The van der Waals surface area contributed by atoms with E-state index in [0.717, 1.165) is 42.5 Å². The summed E-state index contributed by atoms with van der Waals surface area (Å²) in [5.41, 5.74) is 2.88. The van der Waals surface area contributed by atoms with Gasteiger partial charge in [-0.25, -0.2) is 0 Å². The van der Waals surface area contributed by atoms with Crippen molar-refractivity contribution in [2.24, 2.45) is 5.92 Å². The van der Waals surface area contributed by atoms with Gasteiger partial charge in [0.25, 0.3) is 0 Å². The van der Waals surface area contributed by atoms with E-state index in [9.17, 15) is 9.59 Å². The van der Waals surface area contributed by atoms with Crippen LogP contribution in [0.5, 0.6) is 0 Å². The van der Waals surface area contributed by atoms with E-state index >= 15 is 0 Å². The van der Waals surface area contributed by atoms with Crippen LogP contribution in [0.1, 0.15) is 49.1 Å². The number of ketones is 1. The fraction of sp³-hybridized carbons (Fsp3) is 0.364. The van der Waals surface area contributed by atoms with Gasteiger partial charge in [0.2, 0.25) is 5.91 Å². The summed E-state index contributed by atoms with van der Waals surface area (Å²) >= 11 is 0.